The Morgan fingerprint density at radius 3 is 2.60 bits per heavy atom. The summed E-state index contributed by atoms with van der Waals surface area (Å²) in [5.74, 6) is 0.377. The number of benzene rings is 1. The van der Waals surface area contributed by atoms with Gasteiger partial charge in [-0.1, -0.05) is 23.2 Å². The summed E-state index contributed by atoms with van der Waals surface area (Å²) < 4.78 is 0. The van der Waals surface area contributed by atoms with E-state index in [2.05, 4.69) is 15.3 Å². The molecule has 1 heterocycles. The average Bonchev–Trinajstić information content (AvgIpc) is 2.56. The number of nitrogens with two attached hydrogens (primary N) is 2. The van der Waals surface area contributed by atoms with Crippen LogP contribution in [-0.2, 0) is 4.79 Å². The molecule has 8 heteroatoms. The summed E-state index contributed by atoms with van der Waals surface area (Å²) in [6, 6.07) is 6.93. The first-order valence-electron chi connectivity index (χ1n) is 7.31. The highest BCUT2D eigenvalue weighted by Gasteiger charge is 2.17. The first-order chi connectivity index (χ1) is 11.9. The molecule has 1 aromatic heterocycles. The Kier molecular flexibility index (Phi) is 6.01. The number of nitrogens with zero attached hydrogens (tertiary/aromatic N) is 1. The van der Waals surface area contributed by atoms with Gasteiger partial charge in [-0.15, -0.1) is 0 Å². The Hall–Kier alpha value is -2.57. The Morgan fingerprint density at radius 1 is 1.28 bits per heavy atom. The van der Waals surface area contributed by atoms with Crippen molar-refractivity contribution in [2.45, 2.75) is 6.92 Å². The summed E-state index contributed by atoms with van der Waals surface area (Å²) in [5, 5.41) is 3.74. The topological polar surface area (TPSA) is 108 Å². The minimum Gasteiger partial charge on any atom is -0.405 e. The lowest BCUT2D eigenvalue weighted by Crippen LogP contribution is -2.27. The molecule has 25 heavy (non-hydrogen) atoms. The fourth-order valence-electron chi connectivity index (χ4n) is 2.27. The molecule has 2 aromatic rings. The third-order valence-corrected chi connectivity index (χ3v) is 4.16. The molecule has 0 spiro atoms. The number of aromatic amines is 1. The highest BCUT2D eigenvalue weighted by Crippen LogP contribution is 2.33. The number of H-pyrrole nitrogens is 1. The maximum Gasteiger partial charge on any atom is 0.329 e. The third kappa shape index (κ3) is 4.29. The molecule has 130 valence electrons. The maximum absolute atomic E-state index is 12.1. The van der Waals surface area contributed by atoms with E-state index in [9.17, 15) is 4.79 Å². The summed E-state index contributed by atoms with van der Waals surface area (Å²) in [6.45, 7) is 1.88. The summed E-state index contributed by atoms with van der Waals surface area (Å²) in [5.41, 5.74) is 14.0. The maximum atomic E-state index is 12.1. The number of amides is 1. The van der Waals surface area contributed by atoms with E-state index in [0.717, 1.165) is 16.7 Å². The van der Waals surface area contributed by atoms with Gasteiger partial charge in [-0.25, -0.2) is 15.1 Å². The minimum absolute atomic E-state index is 0.191. The number of nitrogens with one attached hydrogen (secondary N) is 2. The number of nitrogen functional groups attached to an aromatic ring is 1. The first kappa shape index (κ1) is 18.8. The van der Waals surface area contributed by atoms with Crippen LogP contribution in [0.4, 0.5) is 11.6 Å². The standard InChI is InChI=1S/C17H17Cl2N5O/c1-9-12(7-10(18)8-13(9)19)11-3-4-15(23-16(11)21)24-17(25)14(22-2)5-6-20/h3-8H,20H2,1-2H3,(H3,21,23,24,25)/p+1/b6-5-,22-14?. The van der Waals surface area contributed by atoms with Crippen LogP contribution in [0.25, 0.3) is 11.1 Å². The van der Waals surface area contributed by atoms with Gasteiger partial charge in [0.25, 0.3) is 0 Å². The fourth-order valence-corrected chi connectivity index (χ4v) is 2.77. The molecule has 0 aliphatic carbocycles. The van der Waals surface area contributed by atoms with E-state index in [1.54, 1.807) is 24.3 Å². The minimum atomic E-state index is -0.408. The molecule has 2 rings (SSSR count). The predicted octanol–water partition coefficient (Wildman–Crippen LogP) is 2.85. The molecule has 0 aliphatic heterocycles. The molecule has 0 saturated carbocycles. The summed E-state index contributed by atoms with van der Waals surface area (Å²) in [6.07, 6.45) is 2.65. The van der Waals surface area contributed by atoms with Crippen molar-refractivity contribution >= 4 is 46.5 Å². The number of halogens is 2. The molecule has 0 atom stereocenters. The second-order valence-corrected chi connectivity index (χ2v) is 6.03. The van der Waals surface area contributed by atoms with Crippen molar-refractivity contribution in [1.82, 2.24) is 0 Å². The molecule has 0 fully saturated rings. The number of hydrogen-bond acceptors (Lipinski definition) is 4. The van der Waals surface area contributed by atoms with Crippen LogP contribution >= 0.6 is 23.2 Å². The Labute approximate surface area is 155 Å². The van der Waals surface area contributed by atoms with Crippen molar-refractivity contribution in [3.63, 3.8) is 0 Å². The first-order valence-corrected chi connectivity index (χ1v) is 8.07. The summed E-state index contributed by atoms with van der Waals surface area (Å²) in [4.78, 5) is 18.9. The lowest BCUT2D eigenvalue weighted by molar-refractivity contribution is -0.342. The van der Waals surface area contributed by atoms with Gasteiger partial charge in [-0.3, -0.25) is 4.99 Å². The molecular formula is C17H18Cl2N5O+. The number of carbonyl (C=O) groups is 1. The highest BCUT2D eigenvalue weighted by molar-refractivity contribution is 6.46. The summed E-state index contributed by atoms with van der Waals surface area (Å²) >= 11 is 12.3. The zero-order valence-electron chi connectivity index (χ0n) is 13.7. The number of carbonyl (C=O) groups excluding carboxylic acids is 1. The lowest BCUT2D eigenvalue weighted by atomic mass is 10.0. The molecule has 0 bridgehead atoms. The number of anilines is 2. The molecule has 6 nitrogen and oxygen atoms in total. The third-order valence-electron chi connectivity index (χ3n) is 3.55. The van der Waals surface area contributed by atoms with Gasteiger partial charge in [0.2, 0.25) is 11.6 Å². The number of rotatable bonds is 4. The normalized spacial score (nSPS) is 11.8. The lowest BCUT2D eigenvalue weighted by Gasteiger charge is -2.10. The smallest absolute Gasteiger partial charge is 0.329 e. The van der Waals surface area contributed by atoms with Gasteiger partial charge in [0.1, 0.15) is 5.71 Å². The van der Waals surface area contributed by atoms with Gasteiger partial charge < -0.3 is 11.5 Å². The number of hydrogen-bond donors (Lipinski definition) is 3. The molecule has 0 aliphatic rings. The van der Waals surface area contributed by atoms with Crippen molar-refractivity contribution in [2.75, 3.05) is 18.1 Å². The number of pyridine rings is 1. The Balaban J connectivity index is 2.35. The molecule has 6 N–H and O–H groups in total. The largest absolute Gasteiger partial charge is 0.405 e. The van der Waals surface area contributed by atoms with Crippen LogP contribution in [0.5, 0.6) is 0 Å². The van der Waals surface area contributed by atoms with Crippen LogP contribution in [0, 0.1) is 6.92 Å². The Bertz CT molecular complexity index is 878. The zero-order valence-corrected chi connectivity index (χ0v) is 15.2. The van der Waals surface area contributed by atoms with Gasteiger partial charge >= 0.3 is 5.91 Å². The van der Waals surface area contributed by atoms with Crippen LogP contribution in [0.3, 0.4) is 0 Å². The van der Waals surface area contributed by atoms with E-state index in [1.807, 2.05) is 6.92 Å². The van der Waals surface area contributed by atoms with Crippen molar-refractivity contribution in [3.05, 3.63) is 52.2 Å². The van der Waals surface area contributed by atoms with Crippen molar-refractivity contribution in [2.24, 2.45) is 10.7 Å². The van der Waals surface area contributed by atoms with Crippen LogP contribution in [0.15, 0.2) is 41.5 Å². The van der Waals surface area contributed by atoms with Crippen LogP contribution < -0.4 is 21.8 Å². The number of aliphatic imine (C=N–C) groups is 1. The molecule has 0 saturated heterocycles. The second-order valence-electron chi connectivity index (χ2n) is 5.18. The van der Waals surface area contributed by atoms with Crippen molar-refractivity contribution in [3.8, 4) is 11.1 Å². The number of aromatic nitrogens is 1. The monoisotopic (exact) mass is 378 g/mol. The van der Waals surface area contributed by atoms with E-state index in [1.165, 1.54) is 19.3 Å². The van der Waals surface area contributed by atoms with Crippen LogP contribution in [-0.4, -0.2) is 18.7 Å². The molecule has 1 aromatic carbocycles. The van der Waals surface area contributed by atoms with Crippen molar-refractivity contribution in [1.29, 1.82) is 0 Å². The van der Waals surface area contributed by atoms with Gasteiger partial charge in [-0.2, -0.15) is 0 Å². The van der Waals surface area contributed by atoms with Gasteiger partial charge in [0.05, 0.1) is 5.56 Å². The molecule has 1 amide bonds. The molecular weight excluding hydrogens is 361 g/mol. The van der Waals surface area contributed by atoms with E-state index in [0.29, 0.717) is 21.7 Å². The van der Waals surface area contributed by atoms with E-state index in [4.69, 9.17) is 34.7 Å². The fraction of sp³-hybridized carbons (Fsp3) is 0.118. The van der Waals surface area contributed by atoms with Crippen molar-refractivity contribution < 1.29 is 9.78 Å². The van der Waals surface area contributed by atoms with Gasteiger partial charge in [0, 0.05) is 23.2 Å². The predicted molar refractivity (Wildman–Crippen MR) is 103 cm³/mol. The van der Waals surface area contributed by atoms with E-state index < -0.39 is 5.91 Å². The van der Waals surface area contributed by atoms with Crippen LogP contribution in [0.2, 0.25) is 10.0 Å². The van der Waals surface area contributed by atoms with Gasteiger partial charge in [-0.05, 0) is 48.5 Å². The summed E-state index contributed by atoms with van der Waals surface area (Å²) in [7, 11) is 1.50. The Morgan fingerprint density at radius 2 is 2.00 bits per heavy atom. The van der Waals surface area contributed by atoms with Gasteiger partial charge in [0.15, 0.2) is 0 Å². The molecule has 0 radical (unpaired) electrons. The highest BCUT2D eigenvalue weighted by atomic mass is 35.5. The zero-order chi connectivity index (χ0) is 18.6. The second kappa shape index (κ2) is 8.00. The average molecular weight is 379 g/mol. The van der Waals surface area contributed by atoms with E-state index >= 15 is 0 Å². The quantitative estimate of drug-likeness (QED) is 0.711. The van der Waals surface area contributed by atoms with E-state index in [-0.39, 0.29) is 5.71 Å². The SMILES string of the molecule is CN=C(/C=C\N)C(=O)Nc1ccc(-c2cc(Cl)cc(Cl)c2C)c(N)[nH+]1. The van der Waals surface area contributed by atoms with Crippen LogP contribution in [0.1, 0.15) is 5.56 Å². The molecule has 0 unspecified atom stereocenters.